The fourth-order valence-electron chi connectivity index (χ4n) is 3.90. The molecule has 3 rings (SSSR count). The summed E-state index contributed by atoms with van der Waals surface area (Å²) in [5, 5.41) is 4.44. The molecule has 1 aromatic heterocycles. The molecule has 2 atom stereocenters. The van der Waals surface area contributed by atoms with Crippen molar-refractivity contribution in [1.82, 2.24) is 19.6 Å². The zero-order valence-corrected chi connectivity index (χ0v) is 15.2. The molecule has 0 aliphatic carbocycles. The maximum Gasteiger partial charge on any atom is 0.257 e. The van der Waals surface area contributed by atoms with Crippen LogP contribution in [0.2, 0.25) is 0 Å². The van der Waals surface area contributed by atoms with Gasteiger partial charge in [-0.25, -0.2) is 0 Å². The minimum Gasteiger partial charge on any atom is -0.376 e. The van der Waals surface area contributed by atoms with Crippen LogP contribution < -0.4 is 0 Å². The highest BCUT2D eigenvalue weighted by atomic mass is 16.5. The molecule has 0 saturated carbocycles. The average molecular weight is 334 g/mol. The summed E-state index contributed by atoms with van der Waals surface area (Å²) in [6.45, 7) is 3.47. The quantitative estimate of drug-likeness (QED) is 0.821. The first-order valence-electron chi connectivity index (χ1n) is 9.11. The van der Waals surface area contributed by atoms with Gasteiger partial charge in [0.1, 0.15) is 0 Å². The third-order valence-corrected chi connectivity index (χ3v) is 5.13. The lowest BCUT2D eigenvalue weighted by molar-refractivity contribution is -0.000222. The zero-order valence-electron chi connectivity index (χ0n) is 15.2. The van der Waals surface area contributed by atoms with E-state index >= 15 is 0 Å². The van der Waals surface area contributed by atoms with Crippen molar-refractivity contribution in [2.24, 2.45) is 5.92 Å². The van der Waals surface area contributed by atoms with Gasteiger partial charge in [-0.15, -0.1) is 0 Å². The number of fused-ring (bicyclic) bond motifs is 1. The van der Waals surface area contributed by atoms with E-state index in [0.29, 0.717) is 12.5 Å². The summed E-state index contributed by atoms with van der Waals surface area (Å²) in [6, 6.07) is 0. The first-order chi connectivity index (χ1) is 11.5. The van der Waals surface area contributed by atoms with Gasteiger partial charge >= 0.3 is 0 Å². The molecule has 0 N–H and O–H groups in total. The van der Waals surface area contributed by atoms with Crippen molar-refractivity contribution >= 4 is 5.91 Å². The topological polar surface area (TPSA) is 50.6 Å². The molecule has 24 heavy (non-hydrogen) atoms. The first-order valence-corrected chi connectivity index (χ1v) is 9.11. The number of carbonyl (C=O) groups excluding carboxylic acids is 1. The number of nitrogens with zero attached hydrogens (tertiary/aromatic N) is 4. The molecule has 0 radical (unpaired) electrons. The molecule has 2 aliphatic rings. The van der Waals surface area contributed by atoms with E-state index in [1.54, 1.807) is 6.20 Å². The SMILES string of the molecule is CN(C)CC1CCn2ncc(C(=O)N(C)CC3CCCCO3)c2C1. The van der Waals surface area contributed by atoms with Gasteiger partial charge in [0.2, 0.25) is 0 Å². The molecule has 1 fully saturated rings. The van der Waals surface area contributed by atoms with Gasteiger partial charge in [-0.1, -0.05) is 0 Å². The van der Waals surface area contributed by atoms with E-state index in [4.69, 9.17) is 4.74 Å². The van der Waals surface area contributed by atoms with Crippen LogP contribution in [-0.4, -0.2) is 72.4 Å². The lowest BCUT2D eigenvalue weighted by atomic mass is 9.93. The molecule has 6 nitrogen and oxygen atoms in total. The summed E-state index contributed by atoms with van der Waals surface area (Å²) in [4.78, 5) is 16.9. The minimum atomic E-state index is 0.0796. The number of aromatic nitrogens is 2. The van der Waals surface area contributed by atoms with Crippen LogP contribution in [0, 0.1) is 5.92 Å². The van der Waals surface area contributed by atoms with Gasteiger partial charge in [-0.05, 0) is 52.1 Å². The second-order valence-electron chi connectivity index (χ2n) is 7.52. The Labute approximate surface area is 144 Å². The molecule has 1 amide bonds. The Hall–Kier alpha value is -1.40. The summed E-state index contributed by atoms with van der Waals surface area (Å²) in [5.74, 6) is 0.679. The van der Waals surface area contributed by atoms with Crippen molar-refractivity contribution in [2.75, 3.05) is 40.8 Å². The zero-order chi connectivity index (χ0) is 17.1. The molecule has 2 unspecified atom stereocenters. The van der Waals surface area contributed by atoms with Crippen molar-refractivity contribution in [1.29, 1.82) is 0 Å². The summed E-state index contributed by atoms with van der Waals surface area (Å²) >= 11 is 0. The number of aryl methyl sites for hydroxylation is 1. The largest absolute Gasteiger partial charge is 0.376 e. The van der Waals surface area contributed by atoms with E-state index in [1.165, 1.54) is 6.42 Å². The molecular weight excluding hydrogens is 304 g/mol. The van der Waals surface area contributed by atoms with Crippen LogP contribution in [-0.2, 0) is 17.7 Å². The van der Waals surface area contributed by atoms with Crippen molar-refractivity contribution in [2.45, 2.75) is 44.8 Å². The molecular formula is C18H30N4O2. The maximum absolute atomic E-state index is 12.9. The standard InChI is InChI=1S/C18H30N4O2/c1-20(2)12-14-7-8-22-17(10-14)16(11-19-22)18(23)21(3)13-15-6-4-5-9-24-15/h11,14-15H,4-10,12-13H2,1-3H3. The number of amides is 1. The number of ether oxygens (including phenoxy) is 1. The van der Waals surface area contributed by atoms with E-state index < -0.39 is 0 Å². The fraction of sp³-hybridized carbons (Fsp3) is 0.778. The fourth-order valence-corrected chi connectivity index (χ4v) is 3.90. The Balaban J connectivity index is 1.66. The van der Waals surface area contributed by atoms with Gasteiger partial charge in [0.15, 0.2) is 0 Å². The predicted octanol–water partition coefficient (Wildman–Crippen LogP) is 1.65. The first kappa shape index (κ1) is 17.4. The third-order valence-electron chi connectivity index (χ3n) is 5.13. The van der Waals surface area contributed by atoms with Crippen molar-refractivity contribution in [3.63, 3.8) is 0 Å². The van der Waals surface area contributed by atoms with Gasteiger partial charge in [-0.3, -0.25) is 9.48 Å². The number of hydrogen-bond donors (Lipinski definition) is 0. The number of hydrogen-bond acceptors (Lipinski definition) is 4. The lowest BCUT2D eigenvalue weighted by Gasteiger charge is -2.29. The lowest BCUT2D eigenvalue weighted by Crippen LogP contribution is -2.38. The number of likely N-dealkylation sites (N-methyl/N-ethyl adjacent to an activating group) is 1. The molecule has 0 aromatic carbocycles. The van der Waals surface area contributed by atoms with Gasteiger partial charge in [0.05, 0.1) is 23.6 Å². The second-order valence-corrected chi connectivity index (χ2v) is 7.52. The van der Waals surface area contributed by atoms with Crippen LogP contribution in [0.3, 0.4) is 0 Å². The van der Waals surface area contributed by atoms with E-state index in [-0.39, 0.29) is 12.0 Å². The molecule has 0 spiro atoms. The van der Waals surface area contributed by atoms with Crippen LogP contribution in [0.1, 0.15) is 41.7 Å². The Bertz CT molecular complexity index is 563. The molecule has 6 heteroatoms. The monoisotopic (exact) mass is 334 g/mol. The smallest absolute Gasteiger partial charge is 0.257 e. The predicted molar refractivity (Wildman–Crippen MR) is 93.1 cm³/mol. The summed E-state index contributed by atoms with van der Waals surface area (Å²) in [7, 11) is 6.09. The minimum absolute atomic E-state index is 0.0796. The van der Waals surface area contributed by atoms with Crippen molar-refractivity contribution in [3.8, 4) is 0 Å². The summed E-state index contributed by atoms with van der Waals surface area (Å²) in [6.07, 6.45) is 7.39. The van der Waals surface area contributed by atoms with Gasteiger partial charge in [-0.2, -0.15) is 5.10 Å². The summed E-state index contributed by atoms with van der Waals surface area (Å²) < 4.78 is 7.79. The molecule has 1 saturated heterocycles. The van der Waals surface area contributed by atoms with E-state index in [1.807, 2.05) is 16.6 Å². The third kappa shape index (κ3) is 3.98. The van der Waals surface area contributed by atoms with Crippen LogP contribution in [0.25, 0.3) is 0 Å². The molecule has 2 aliphatic heterocycles. The Morgan fingerprint density at radius 1 is 1.29 bits per heavy atom. The molecule has 3 heterocycles. The Kier molecular flexibility index (Phi) is 5.56. The van der Waals surface area contributed by atoms with Crippen LogP contribution in [0.4, 0.5) is 0 Å². The highest BCUT2D eigenvalue weighted by Crippen LogP contribution is 2.24. The Morgan fingerprint density at radius 3 is 2.83 bits per heavy atom. The van der Waals surface area contributed by atoms with Gasteiger partial charge < -0.3 is 14.5 Å². The van der Waals surface area contributed by atoms with E-state index in [0.717, 1.165) is 56.6 Å². The highest BCUT2D eigenvalue weighted by molar-refractivity contribution is 5.95. The maximum atomic E-state index is 12.9. The van der Waals surface area contributed by atoms with Gasteiger partial charge in [0, 0.05) is 33.3 Å². The summed E-state index contributed by atoms with van der Waals surface area (Å²) in [5.41, 5.74) is 1.88. The molecule has 0 bridgehead atoms. The van der Waals surface area contributed by atoms with E-state index in [2.05, 4.69) is 24.1 Å². The van der Waals surface area contributed by atoms with Crippen LogP contribution in [0.5, 0.6) is 0 Å². The second kappa shape index (κ2) is 7.66. The van der Waals surface area contributed by atoms with Crippen LogP contribution in [0.15, 0.2) is 6.20 Å². The highest BCUT2D eigenvalue weighted by Gasteiger charge is 2.28. The van der Waals surface area contributed by atoms with Gasteiger partial charge in [0.25, 0.3) is 5.91 Å². The molecule has 1 aromatic rings. The normalized spacial score (nSPS) is 24.0. The van der Waals surface area contributed by atoms with Crippen LogP contribution >= 0.6 is 0 Å². The Morgan fingerprint density at radius 2 is 2.12 bits per heavy atom. The number of rotatable bonds is 5. The van der Waals surface area contributed by atoms with E-state index in [9.17, 15) is 4.79 Å². The number of carbonyl (C=O) groups is 1. The van der Waals surface area contributed by atoms with Crippen molar-refractivity contribution in [3.05, 3.63) is 17.5 Å². The van der Waals surface area contributed by atoms with Crippen molar-refractivity contribution < 1.29 is 9.53 Å². The average Bonchev–Trinajstić information content (AvgIpc) is 2.97. The molecule has 134 valence electrons.